The fraction of sp³-hybridized carbons (Fsp3) is 0.286. The smallest absolute Gasteiger partial charge is 0.0899 e. The van der Waals surface area contributed by atoms with Crippen LogP contribution in [0.4, 0.5) is 0 Å². The number of halogens is 2. The number of hydrogen-bond donors (Lipinski definition) is 0. The lowest BCUT2D eigenvalue weighted by atomic mass is 10.4. The van der Waals surface area contributed by atoms with Crippen LogP contribution in [0.25, 0.3) is 0 Å². The van der Waals surface area contributed by atoms with E-state index >= 15 is 0 Å². The quantitative estimate of drug-likeness (QED) is 0.787. The van der Waals surface area contributed by atoms with E-state index in [4.69, 9.17) is 16.3 Å². The van der Waals surface area contributed by atoms with Crippen molar-refractivity contribution in [2.45, 2.75) is 6.61 Å². The molecular formula is C7H7BrClNO. The van der Waals surface area contributed by atoms with Gasteiger partial charge in [0.05, 0.1) is 17.3 Å². The SMILES string of the molecule is COCc1ncc(Br)cc1Cl. The van der Waals surface area contributed by atoms with Gasteiger partial charge in [0, 0.05) is 17.8 Å². The zero-order valence-electron chi connectivity index (χ0n) is 5.97. The Labute approximate surface area is 78.7 Å². The Morgan fingerprint density at radius 1 is 1.73 bits per heavy atom. The van der Waals surface area contributed by atoms with Gasteiger partial charge in [-0.2, -0.15) is 0 Å². The summed E-state index contributed by atoms with van der Waals surface area (Å²) in [5, 5.41) is 0.626. The minimum Gasteiger partial charge on any atom is -0.378 e. The third-order valence-electron chi connectivity index (χ3n) is 1.17. The van der Waals surface area contributed by atoms with E-state index in [9.17, 15) is 0 Å². The van der Waals surface area contributed by atoms with Gasteiger partial charge in [-0.05, 0) is 22.0 Å². The molecule has 0 aliphatic carbocycles. The van der Waals surface area contributed by atoms with Gasteiger partial charge in [0.25, 0.3) is 0 Å². The molecule has 0 N–H and O–H groups in total. The van der Waals surface area contributed by atoms with Crippen LogP contribution in [0.5, 0.6) is 0 Å². The normalized spacial score (nSPS) is 10.1. The Morgan fingerprint density at radius 3 is 3.00 bits per heavy atom. The third kappa shape index (κ3) is 2.43. The topological polar surface area (TPSA) is 22.1 Å². The van der Waals surface area contributed by atoms with Crippen LogP contribution in [-0.2, 0) is 11.3 Å². The van der Waals surface area contributed by atoms with Gasteiger partial charge < -0.3 is 4.74 Å². The van der Waals surface area contributed by atoms with E-state index in [2.05, 4.69) is 20.9 Å². The fourth-order valence-electron chi connectivity index (χ4n) is 0.686. The van der Waals surface area contributed by atoms with Gasteiger partial charge in [-0.1, -0.05) is 11.6 Å². The molecule has 0 spiro atoms. The molecule has 0 aromatic carbocycles. The molecule has 0 amide bonds. The van der Waals surface area contributed by atoms with Crippen LogP contribution in [-0.4, -0.2) is 12.1 Å². The minimum atomic E-state index is 0.451. The standard InChI is InChI=1S/C7H7BrClNO/c1-11-4-7-6(9)2-5(8)3-10-7/h2-3H,4H2,1H3. The molecule has 1 aromatic heterocycles. The van der Waals surface area contributed by atoms with Crippen molar-refractivity contribution in [2.24, 2.45) is 0 Å². The van der Waals surface area contributed by atoms with Crippen molar-refractivity contribution in [3.8, 4) is 0 Å². The second-order valence-corrected chi connectivity index (χ2v) is 3.34. The monoisotopic (exact) mass is 235 g/mol. The summed E-state index contributed by atoms with van der Waals surface area (Å²) in [7, 11) is 1.61. The molecule has 0 aliphatic rings. The summed E-state index contributed by atoms with van der Waals surface area (Å²) in [6.45, 7) is 0.451. The van der Waals surface area contributed by atoms with Crippen LogP contribution >= 0.6 is 27.5 Å². The predicted octanol–water partition coefficient (Wildman–Crippen LogP) is 2.64. The van der Waals surface area contributed by atoms with Gasteiger partial charge in [-0.25, -0.2) is 0 Å². The van der Waals surface area contributed by atoms with E-state index in [1.807, 2.05) is 0 Å². The molecule has 0 fully saturated rings. The zero-order valence-corrected chi connectivity index (χ0v) is 8.32. The van der Waals surface area contributed by atoms with Crippen LogP contribution in [0, 0.1) is 0 Å². The molecule has 4 heteroatoms. The zero-order chi connectivity index (χ0) is 8.27. The first-order valence-electron chi connectivity index (χ1n) is 3.03. The molecule has 1 aromatic rings. The maximum atomic E-state index is 5.84. The van der Waals surface area contributed by atoms with Gasteiger partial charge in [0.1, 0.15) is 0 Å². The van der Waals surface area contributed by atoms with Crippen molar-refractivity contribution in [3.63, 3.8) is 0 Å². The Morgan fingerprint density at radius 2 is 2.45 bits per heavy atom. The molecule has 60 valence electrons. The van der Waals surface area contributed by atoms with Gasteiger partial charge in [0.2, 0.25) is 0 Å². The number of aromatic nitrogens is 1. The van der Waals surface area contributed by atoms with E-state index in [0.29, 0.717) is 11.6 Å². The van der Waals surface area contributed by atoms with Gasteiger partial charge in [-0.3, -0.25) is 4.98 Å². The lowest BCUT2D eigenvalue weighted by Crippen LogP contribution is -1.92. The third-order valence-corrected chi connectivity index (χ3v) is 1.93. The molecule has 1 rings (SSSR count). The average Bonchev–Trinajstić information content (AvgIpc) is 1.95. The minimum absolute atomic E-state index is 0.451. The summed E-state index contributed by atoms with van der Waals surface area (Å²) in [5.74, 6) is 0. The average molecular weight is 236 g/mol. The fourth-order valence-corrected chi connectivity index (χ4v) is 1.37. The summed E-state index contributed by atoms with van der Waals surface area (Å²) >= 11 is 9.10. The molecule has 2 nitrogen and oxygen atoms in total. The Bertz CT molecular complexity index is 254. The second-order valence-electron chi connectivity index (χ2n) is 2.02. The van der Waals surface area contributed by atoms with E-state index in [1.165, 1.54) is 0 Å². The Kier molecular flexibility index (Phi) is 3.30. The molecule has 0 bridgehead atoms. The molecular weight excluding hydrogens is 229 g/mol. The van der Waals surface area contributed by atoms with E-state index in [1.54, 1.807) is 19.4 Å². The molecule has 11 heavy (non-hydrogen) atoms. The van der Waals surface area contributed by atoms with E-state index in [-0.39, 0.29) is 0 Å². The highest BCUT2D eigenvalue weighted by atomic mass is 79.9. The van der Waals surface area contributed by atoms with Crippen molar-refractivity contribution in [2.75, 3.05) is 7.11 Å². The van der Waals surface area contributed by atoms with Crippen LogP contribution in [0.2, 0.25) is 5.02 Å². The predicted molar refractivity (Wildman–Crippen MR) is 47.7 cm³/mol. The summed E-state index contributed by atoms with van der Waals surface area (Å²) in [6, 6.07) is 1.79. The summed E-state index contributed by atoms with van der Waals surface area (Å²) in [4.78, 5) is 4.06. The second kappa shape index (κ2) is 4.04. The molecule has 0 unspecified atom stereocenters. The molecule has 0 saturated heterocycles. The number of hydrogen-bond acceptors (Lipinski definition) is 2. The molecule has 0 aliphatic heterocycles. The highest BCUT2D eigenvalue weighted by molar-refractivity contribution is 9.10. The van der Waals surface area contributed by atoms with Crippen LogP contribution in [0.15, 0.2) is 16.7 Å². The van der Waals surface area contributed by atoms with E-state index in [0.717, 1.165) is 10.2 Å². The Balaban J connectivity index is 2.90. The Hall–Kier alpha value is -0.120. The number of methoxy groups -OCH3 is 1. The summed E-state index contributed by atoms with van der Waals surface area (Å²) in [6.07, 6.45) is 1.69. The summed E-state index contributed by atoms with van der Waals surface area (Å²) < 4.78 is 5.76. The lowest BCUT2D eigenvalue weighted by molar-refractivity contribution is 0.181. The van der Waals surface area contributed by atoms with Crippen LogP contribution in [0.3, 0.4) is 0 Å². The van der Waals surface area contributed by atoms with Crippen molar-refractivity contribution in [1.82, 2.24) is 4.98 Å². The lowest BCUT2D eigenvalue weighted by Gasteiger charge is -2.00. The maximum Gasteiger partial charge on any atom is 0.0899 e. The molecule has 0 atom stereocenters. The maximum absolute atomic E-state index is 5.84. The van der Waals surface area contributed by atoms with Crippen LogP contribution in [0.1, 0.15) is 5.69 Å². The highest BCUT2D eigenvalue weighted by Gasteiger charge is 2.00. The number of pyridine rings is 1. The van der Waals surface area contributed by atoms with Gasteiger partial charge in [-0.15, -0.1) is 0 Å². The largest absolute Gasteiger partial charge is 0.378 e. The van der Waals surface area contributed by atoms with Crippen LogP contribution < -0.4 is 0 Å². The number of rotatable bonds is 2. The van der Waals surface area contributed by atoms with Gasteiger partial charge in [0.15, 0.2) is 0 Å². The molecule has 0 radical (unpaired) electrons. The van der Waals surface area contributed by atoms with Gasteiger partial charge >= 0.3 is 0 Å². The first-order valence-corrected chi connectivity index (χ1v) is 4.20. The molecule has 1 heterocycles. The number of ether oxygens (including phenoxy) is 1. The number of nitrogens with zero attached hydrogens (tertiary/aromatic N) is 1. The highest BCUT2D eigenvalue weighted by Crippen LogP contribution is 2.18. The van der Waals surface area contributed by atoms with E-state index < -0.39 is 0 Å². The molecule has 0 saturated carbocycles. The first-order chi connectivity index (χ1) is 5.24. The van der Waals surface area contributed by atoms with Crippen molar-refractivity contribution >= 4 is 27.5 Å². The van der Waals surface area contributed by atoms with Crippen molar-refractivity contribution in [3.05, 3.63) is 27.5 Å². The van der Waals surface area contributed by atoms with Crippen molar-refractivity contribution in [1.29, 1.82) is 0 Å². The first kappa shape index (κ1) is 8.97. The summed E-state index contributed by atoms with van der Waals surface area (Å²) in [5.41, 5.74) is 0.761. The van der Waals surface area contributed by atoms with Crippen molar-refractivity contribution < 1.29 is 4.74 Å².